The van der Waals surface area contributed by atoms with Crippen LogP contribution in [0.4, 0.5) is 4.79 Å². The summed E-state index contributed by atoms with van der Waals surface area (Å²) in [6.45, 7) is 7.69. The molecule has 0 unspecified atom stereocenters. The van der Waals surface area contributed by atoms with Crippen LogP contribution in [-0.2, 0) is 16.1 Å². The van der Waals surface area contributed by atoms with Crippen molar-refractivity contribution in [3.05, 3.63) is 41.0 Å². The minimum absolute atomic E-state index is 0.365. The van der Waals surface area contributed by atoms with Crippen molar-refractivity contribution in [2.24, 2.45) is 0 Å². The van der Waals surface area contributed by atoms with Gasteiger partial charge in [0, 0.05) is 12.6 Å². The lowest BCUT2D eigenvalue weighted by Crippen LogP contribution is -2.32. The Morgan fingerprint density at radius 3 is 2.52 bits per heavy atom. The normalized spacial score (nSPS) is 11.4. The topological polar surface area (TPSA) is 75.6 Å². The summed E-state index contributed by atoms with van der Waals surface area (Å²) in [4.78, 5) is 22.0. The predicted octanol–water partition coefficient (Wildman–Crippen LogP) is 3.12. The van der Waals surface area contributed by atoms with Gasteiger partial charge in [-0.2, -0.15) is 0 Å². The maximum Gasteiger partial charge on any atom is 0.407 e. The highest BCUT2D eigenvalue weighted by Crippen LogP contribution is 2.13. The lowest BCUT2D eigenvalue weighted by molar-refractivity contribution is -0.131. The number of hydrogen-bond donors (Lipinski definition) is 2. The summed E-state index contributed by atoms with van der Waals surface area (Å²) in [6, 6.07) is 5.53. The van der Waals surface area contributed by atoms with Gasteiger partial charge in [-0.1, -0.05) is 18.2 Å². The van der Waals surface area contributed by atoms with Gasteiger partial charge >= 0.3 is 12.1 Å². The Labute approximate surface area is 124 Å². The SMILES string of the molecule is Cc1cc(/C=C/C(=O)O)ccc1CNC(=O)OC(C)(C)C. The van der Waals surface area contributed by atoms with E-state index in [9.17, 15) is 9.59 Å². The Morgan fingerprint density at radius 1 is 1.33 bits per heavy atom. The zero-order valence-corrected chi connectivity index (χ0v) is 12.8. The van der Waals surface area contributed by atoms with Crippen LogP contribution >= 0.6 is 0 Å². The highest BCUT2D eigenvalue weighted by atomic mass is 16.6. The number of carbonyl (C=O) groups is 2. The fourth-order valence-electron chi connectivity index (χ4n) is 1.67. The second-order valence-electron chi connectivity index (χ2n) is 5.71. The third kappa shape index (κ3) is 6.61. The van der Waals surface area contributed by atoms with Crippen molar-refractivity contribution in [1.29, 1.82) is 0 Å². The Hall–Kier alpha value is -2.30. The molecule has 0 bridgehead atoms. The first-order chi connectivity index (χ1) is 9.67. The second kappa shape index (κ2) is 6.92. The fourth-order valence-corrected chi connectivity index (χ4v) is 1.67. The number of nitrogens with one attached hydrogen (secondary N) is 1. The van der Waals surface area contributed by atoms with E-state index in [-0.39, 0.29) is 0 Å². The number of alkyl carbamates (subject to hydrolysis) is 1. The summed E-state index contributed by atoms with van der Waals surface area (Å²) in [6.07, 6.45) is 2.16. The maximum atomic E-state index is 11.6. The van der Waals surface area contributed by atoms with Gasteiger partial charge in [-0.05, 0) is 50.5 Å². The molecule has 0 atom stereocenters. The van der Waals surface area contributed by atoms with E-state index in [1.165, 1.54) is 6.08 Å². The van der Waals surface area contributed by atoms with Crippen molar-refractivity contribution in [2.75, 3.05) is 0 Å². The molecule has 1 rings (SSSR count). The Morgan fingerprint density at radius 2 is 2.00 bits per heavy atom. The van der Waals surface area contributed by atoms with Crippen LogP contribution in [0.3, 0.4) is 0 Å². The summed E-state index contributed by atoms with van der Waals surface area (Å²) in [5.41, 5.74) is 2.20. The summed E-state index contributed by atoms with van der Waals surface area (Å²) in [5.74, 6) is -0.983. The van der Waals surface area contributed by atoms with Crippen LogP contribution in [0.15, 0.2) is 24.3 Å². The second-order valence-corrected chi connectivity index (χ2v) is 5.71. The number of amides is 1. The van der Waals surface area contributed by atoms with Crippen molar-refractivity contribution in [3.8, 4) is 0 Å². The van der Waals surface area contributed by atoms with Crippen molar-refractivity contribution in [2.45, 2.75) is 39.8 Å². The van der Waals surface area contributed by atoms with Gasteiger partial charge in [-0.25, -0.2) is 9.59 Å². The summed E-state index contributed by atoms with van der Waals surface area (Å²) < 4.78 is 5.16. The van der Waals surface area contributed by atoms with E-state index in [0.29, 0.717) is 6.54 Å². The third-order valence-corrected chi connectivity index (χ3v) is 2.61. The molecule has 0 aliphatic carbocycles. The Kier molecular flexibility index (Phi) is 5.52. The van der Waals surface area contributed by atoms with E-state index in [4.69, 9.17) is 9.84 Å². The molecule has 0 aliphatic rings. The summed E-state index contributed by atoms with van der Waals surface area (Å²) in [5, 5.41) is 11.3. The number of ether oxygens (including phenoxy) is 1. The van der Waals surface area contributed by atoms with Gasteiger partial charge in [0.05, 0.1) is 0 Å². The molecular weight excluding hydrogens is 270 g/mol. The fraction of sp³-hybridized carbons (Fsp3) is 0.375. The van der Waals surface area contributed by atoms with Crippen molar-refractivity contribution in [3.63, 3.8) is 0 Å². The molecule has 0 spiro atoms. The summed E-state index contributed by atoms with van der Waals surface area (Å²) in [7, 11) is 0. The van der Waals surface area contributed by atoms with E-state index in [1.54, 1.807) is 26.8 Å². The molecular formula is C16H21NO4. The zero-order chi connectivity index (χ0) is 16.0. The van der Waals surface area contributed by atoms with Gasteiger partial charge in [-0.3, -0.25) is 0 Å². The van der Waals surface area contributed by atoms with Gasteiger partial charge < -0.3 is 15.2 Å². The van der Waals surface area contributed by atoms with E-state index in [1.807, 2.05) is 19.1 Å². The highest BCUT2D eigenvalue weighted by molar-refractivity contribution is 5.85. The Bertz CT molecular complexity index is 556. The molecule has 114 valence electrons. The lowest BCUT2D eigenvalue weighted by Gasteiger charge is -2.20. The van der Waals surface area contributed by atoms with Crippen molar-refractivity contribution >= 4 is 18.1 Å². The molecule has 1 aromatic rings. The van der Waals surface area contributed by atoms with E-state index in [2.05, 4.69) is 5.32 Å². The minimum Gasteiger partial charge on any atom is -0.478 e. The first-order valence-electron chi connectivity index (χ1n) is 6.65. The van der Waals surface area contributed by atoms with Crippen molar-refractivity contribution in [1.82, 2.24) is 5.32 Å². The smallest absolute Gasteiger partial charge is 0.407 e. The van der Waals surface area contributed by atoms with E-state index < -0.39 is 17.7 Å². The zero-order valence-electron chi connectivity index (χ0n) is 12.8. The average molecular weight is 291 g/mol. The van der Waals surface area contributed by atoms with Crippen LogP contribution in [0.1, 0.15) is 37.5 Å². The van der Waals surface area contributed by atoms with Gasteiger partial charge in [0.1, 0.15) is 5.60 Å². The first kappa shape index (κ1) is 16.8. The number of carbonyl (C=O) groups excluding carboxylic acids is 1. The van der Waals surface area contributed by atoms with Gasteiger partial charge in [0.25, 0.3) is 0 Å². The molecule has 0 heterocycles. The average Bonchev–Trinajstić information content (AvgIpc) is 2.33. The molecule has 5 heteroatoms. The maximum absolute atomic E-state index is 11.6. The van der Waals surface area contributed by atoms with Crippen molar-refractivity contribution < 1.29 is 19.4 Å². The number of carboxylic acid groups (broad SMARTS) is 1. The number of aryl methyl sites for hydroxylation is 1. The number of hydrogen-bond acceptors (Lipinski definition) is 3. The largest absolute Gasteiger partial charge is 0.478 e. The van der Waals surface area contributed by atoms with Crippen LogP contribution in [-0.4, -0.2) is 22.8 Å². The summed E-state index contributed by atoms with van der Waals surface area (Å²) >= 11 is 0. The molecule has 0 radical (unpaired) electrons. The quantitative estimate of drug-likeness (QED) is 0.836. The molecule has 2 N–H and O–H groups in total. The number of rotatable bonds is 4. The number of carboxylic acids is 1. The molecule has 0 saturated heterocycles. The molecule has 0 aliphatic heterocycles. The molecule has 5 nitrogen and oxygen atoms in total. The van der Waals surface area contributed by atoms with E-state index in [0.717, 1.165) is 22.8 Å². The van der Waals surface area contributed by atoms with Gasteiger partial charge in [-0.15, -0.1) is 0 Å². The monoisotopic (exact) mass is 291 g/mol. The molecule has 1 amide bonds. The number of aliphatic carboxylic acids is 1. The van der Waals surface area contributed by atoms with Crippen LogP contribution in [0, 0.1) is 6.92 Å². The van der Waals surface area contributed by atoms with Gasteiger partial charge in [0.15, 0.2) is 0 Å². The first-order valence-corrected chi connectivity index (χ1v) is 6.65. The predicted molar refractivity (Wildman–Crippen MR) is 80.9 cm³/mol. The van der Waals surface area contributed by atoms with Crippen LogP contribution in [0.25, 0.3) is 6.08 Å². The third-order valence-electron chi connectivity index (χ3n) is 2.61. The van der Waals surface area contributed by atoms with Gasteiger partial charge in [0.2, 0.25) is 0 Å². The van der Waals surface area contributed by atoms with E-state index >= 15 is 0 Å². The lowest BCUT2D eigenvalue weighted by atomic mass is 10.0. The number of benzene rings is 1. The molecule has 0 fully saturated rings. The standard InChI is InChI=1S/C16H21NO4/c1-11-9-12(6-8-14(18)19)5-7-13(11)10-17-15(20)21-16(2,3)4/h5-9H,10H2,1-4H3,(H,17,20)(H,18,19)/b8-6+. The van der Waals surface area contributed by atoms with Crippen LogP contribution in [0.2, 0.25) is 0 Å². The Balaban J connectivity index is 2.65. The van der Waals surface area contributed by atoms with Crippen LogP contribution in [0.5, 0.6) is 0 Å². The molecule has 0 saturated carbocycles. The molecule has 0 aromatic heterocycles. The molecule has 1 aromatic carbocycles. The highest BCUT2D eigenvalue weighted by Gasteiger charge is 2.15. The molecule has 21 heavy (non-hydrogen) atoms. The van der Waals surface area contributed by atoms with Crippen LogP contribution < -0.4 is 5.32 Å². The minimum atomic E-state index is -0.983.